The second-order valence-corrected chi connectivity index (χ2v) is 8.56. The van der Waals surface area contributed by atoms with Crippen LogP contribution in [0.25, 0.3) is 10.9 Å². The average Bonchev–Trinajstić information content (AvgIpc) is 3.19. The lowest BCUT2D eigenvalue weighted by atomic mass is 9.91. The van der Waals surface area contributed by atoms with Crippen molar-refractivity contribution in [3.05, 3.63) is 98.7 Å². The molecule has 0 bridgehead atoms. The minimum atomic E-state index is -1.09. The minimum Gasteiger partial charge on any atom is -0.502 e. The molecule has 2 N–H and O–H groups in total. The van der Waals surface area contributed by atoms with E-state index in [1.54, 1.807) is 4.90 Å². The molecule has 0 spiro atoms. The van der Waals surface area contributed by atoms with E-state index in [-0.39, 0.29) is 29.4 Å². The number of benzene rings is 2. The zero-order valence-electron chi connectivity index (χ0n) is 18.4. The summed E-state index contributed by atoms with van der Waals surface area (Å²) in [6.07, 6.45) is 0.478. The molecule has 4 aromatic rings. The molecule has 8 heteroatoms. The zero-order valence-corrected chi connectivity index (χ0v) is 18.4. The highest BCUT2D eigenvalue weighted by Crippen LogP contribution is 2.35. The third-order valence-corrected chi connectivity index (χ3v) is 6.35. The number of hydrogen-bond donors (Lipinski definition) is 2. The van der Waals surface area contributed by atoms with Crippen molar-refractivity contribution in [3.8, 4) is 5.75 Å². The summed E-state index contributed by atoms with van der Waals surface area (Å²) in [5.41, 5.74) is 2.70. The lowest BCUT2D eigenvalue weighted by Gasteiger charge is -2.29. The van der Waals surface area contributed by atoms with Crippen LogP contribution in [0.2, 0.25) is 0 Å². The van der Waals surface area contributed by atoms with Crippen molar-refractivity contribution in [3.63, 3.8) is 0 Å². The second kappa shape index (κ2) is 8.44. The number of nitrogens with zero attached hydrogens (tertiary/aromatic N) is 1. The summed E-state index contributed by atoms with van der Waals surface area (Å²) < 4.78 is 33.2. The molecular weight excluding hydrogens is 442 g/mol. The number of carbonyl (C=O) groups is 1. The molecule has 2 aromatic carbocycles. The van der Waals surface area contributed by atoms with Crippen LogP contribution in [0.15, 0.2) is 57.7 Å². The number of aryl methyl sites for hydroxylation is 1. The first kappa shape index (κ1) is 21.9. The number of nitrogens with one attached hydrogen (secondary N) is 1. The molecule has 1 aliphatic heterocycles. The van der Waals surface area contributed by atoms with Gasteiger partial charge in [0, 0.05) is 35.6 Å². The maximum absolute atomic E-state index is 14.0. The highest BCUT2D eigenvalue weighted by molar-refractivity contribution is 5.86. The zero-order chi connectivity index (χ0) is 24.0. The maximum atomic E-state index is 14.0. The van der Waals surface area contributed by atoms with Gasteiger partial charge in [0.05, 0.1) is 12.5 Å². The summed E-state index contributed by atoms with van der Waals surface area (Å²) in [6.45, 7) is 2.40. The van der Waals surface area contributed by atoms with E-state index >= 15 is 0 Å². The van der Waals surface area contributed by atoms with Gasteiger partial charge in [-0.2, -0.15) is 0 Å². The summed E-state index contributed by atoms with van der Waals surface area (Å²) in [7, 11) is 0. The molecule has 5 rings (SSSR count). The fourth-order valence-electron chi connectivity index (χ4n) is 4.66. The summed E-state index contributed by atoms with van der Waals surface area (Å²) in [6, 6.07) is 12.3. The fourth-order valence-corrected chi connectivity index (χ4v) is 4.66. The van der Waals surface area contributed by atoms with E-state index in [2.05, 4.69) is 4.98 Å². The SMILES string of the molecule is Cc1cc(=O)c(O)c([C@@H](CC(=O)N2CCc3c([nH]c4ccccc34)C2)c2ccc(F)c(F)c2)o1. The van der Waals surface area contributed by atoms with E-state index in [4.69, 9.17) is 4.42 Å². The number of carbonyl (C=O) groups excluding carboxylic acids is 1. The summed E-state index contributed by atoms with van der Waals surface area (Å²) in [4.78, 5) is 30.6. The number of aromatic amines is 1. The molecule has 0 radical (unpaired) electrons. The number of H-pyrrole nitrogens is 1. The highest BCUT2D eigenvalue weighted by Gasteiger charge is 2.30. The standard InChI is InChI=1S/C26H22F2N2O4/c1-14-10-23(31)25(33)26(34-14)18(15-6-7-19(27)20(28)11-15)12-24(32)30-9-8-17-16-4-2-3-5-21(16)29-22(17)13-30/h2-7,10-11,18,29,33H,8-9,12-13H2,1H3/t18-/m0/s1. The monoisotopic (exact) mass is 464 g/mol. The number of amides is 1. The predicted molar refractivity (Wildman–Crippen MR) is 122 cm³/mol. The van der Waals surface area contributed by atoms with Crippen molar-refractivity contribution in [2.24, 2.45) is 0 Å². The first-order chi connectivity index (χ1) is 16.3. The smallest absolute Gasteiger partial charge is 0.227 e. The first-order valence-electron chi connectivity index (χ1n) is 11.0. The molecule has 6 nitrogen and oxygen atoms in total. The Morgan fingerprint density at radius 2 is 1.97 bits per heavy atom. The largest absolute Gasteiger partial charge is 0.502 e. The van der Waals surface area contributed by atoms with E-state index in [0.29, 0.717) is 19.5 Å². The molecular formula is C26H22F2N2O4. The van der Waals surface area contributed by atoms with Crippen molar-refractivity contribution in [1.29, 1.82) is 0 Å². The summed E-state index contributed by atoms with van der Waals surface area (Å²) >= 11 is 0. The lowest BCUT2D eigenvalue weighted by molar-refractivity contribution is -0.132. The molecule has 0 fully saturated rings. The van der Waals surface area contributed by atoms with Crippen molar-refractivity contribution in [2.45, 2.75) is 32.2 Å². The average molecular weight is 464 g/mol. The Labute approximate surface area is 193 Å². The Bertz CT molecular complexity index is 1470. The molecule has 34 heavy (non-hydrogen) atoms. The van der Waals surface area contributed by atoms with Gasteiger partial charge in [0.2, 0.25) is 17.1 Å². The molecule has 1 amide bonds. The number of aromatic hydroxyl groups is 1. The molecule has 1 aliphatic rings. The van der Waals surface area contributed by atoms with Gasteiger partial charge in [-0.3, -0.25) is 9.59 Å². The molecule has 0 saturated heterocycles. The van der Waals surface area contributed by atoms with Crippen LogP contribution in [0, 0.1) is 18.6 Å². The normalized spacial score (nSPS) is 14.3. The number of aromatic nitrogens is 1. The Balaban J connectivity index is 1.48. The molecule has 3 heterocycles. The maximum Gasteiger partial charge on any atom is 0.227 e. The third-order valence-electron chi connectivity index (χ3n) is 6.35. The number of rotatable bonds is 4. The van der Waals surface area contributed by atoms with E-state index in [1.807, 2.05) is 24.3 Å². The third kappa shape index (κ3) is 3.85. The van der Waals surface area contributed by atoms with Crippen LogP contribution in [0.5, 0.6) is 5.75 Å². The van der Waals surface area contributed by atoms with Gasteiger partial charge in [-0.05, 0) is 42.7 Å². The van der Waals surface area contributed by atoms with Gasteiger partial charge >= 0.3 is 0 Å². The topological polar surface area (TPSA) is 86.5 Å². The van der Waals surface area contributed by atoms with E-state index < -0.39 is 28.7 Å². The Kier molecular flexibility index (Phi) is 5.43. The Morgan fingerprint density at radius 3 is 2.76 bits per heavy atom. The van der Waals surface area contributed by atoms with Crippen LogP contribution in [0.3, 0.4) is 0 Å². The van der Waals surface area contributed by atoms with Gasteiger partial charge in [-0.15, -0.1) is 0 Å². The van der Waals surface area contributed by atoms with E-state index in [1.165, 1.54) is 18.6 Å². The Hall–Kier alpha value is -3.94. The molecule has 2 aromatic heterocycles. The van der Waals surface area contributed by atoms with Crippen molar-refractivity contribution >= 4 is 16.8 Å². The summed E-state index contributed by atoms with van der Waals surface area (Å²) in [5.74, 6) is -3.92. The number of halogens is 2. The van der Waals surface area contributed by atoms with Crippen LogP contribution in [-0.4, -0.2) is 27.4 Å². The van der Waals surface area contributed by atoms with Crippen molar-refractivity contribution in [1.82, 2.24) is 9.88 Å². The van der Waals surface area contributed by atoms with Gasteiger partial charge in [-0.1, -0.05) is 24.3 Å². The van der Waals surface area contributed by atoms with Gasteiger partial charge in [0.1, 0.15) is 5.76 Å². The number of fused-ring (bicyclic) bond motifs is 3. The van der Waals surface area contributed by atoms with Crippen LogP contribution in [0.1, 0.15) is 40.7 Å². The minimum absolute atomic E-state index is 0.146. The highest BCUT2D eigenvalue weighted by atomic mass is 19.2. The quantitative estimate of drug-likeness (QED) is 0.465. The van der Waals surface area contributed by atoms with E-state index in [9.17, 15) is 23.5 Å². The van der Waals surface area contributed by atoms with Gasteiger partial charge in [0.25, 0.3) is 0 Å². The van der Waals surface area contributed by atoms with Crippen LogP contribution < -0.4 is 5.43 Å². The molecule has 0 aliphatic carbocycles. The van der Waals surface area contributed by atoms with Crippen molar-refractivity contribution < 1.29 is 23.1 Å². The van der Waals surface area contributed by atoms with Crippen LogP contribution >= 0.6 is 0 Å². The van der Waals surface area contributed by atoms with Gasteiger partial charge in [-0.25, -0.2) is 8.78 Å². The second-order valence-electron chi connectivity index (χ2n) is 8.56. The fraction of sp³-hybridized carbons (Fsp3) is 0.231. The van der Waals surface area contributed by atoms with Crippen LogP contribution in [0.4, 0.5) is 8.78 Å². The predicted octanol–water partition coefficient (Wildman–Crippen LogP) is 4.52. The van der Waals surface area contributed by atoms with Gasteiger partial charge < -0.3 is 19.4 Å². The lowest BCUT2D eigenvalue weighted by Crippen LogP contribution is -2.36. The Morgan fingerprint density at radius 1 is 1.18 bits per heavy atom. The summed E-state index contributed by atoms with van der Waals surface area (Å²) in [5, 5.41) is 11.5. The van der Waals surface area contributed by atoms with Crippen molar-refractivity contribution in [2.75, 3.05) is 6.54 Å². The van der Waals surface area contributed by atoms with Gasteiger partial charge in [0.15, 0.2) is 17.4 Å². The molecule has 1 atom stereocenters. The molecule has 174 valence electrons. The number of hydrogen-bond acceptors (Lipinski definition) is 4. The molecule has 0 unspecified atom stereocenters. The number of para-hydroxylation sites is 1. The van der Waals surface area contributed by atoms with E-state index in [0.717, 1.165) is 34.8 Å². The first-order valence-corrected chi connectivity index (χ1v) is 11.0. The van der Waals surface area contributed by atoms with Crippen LogP contribution in [-0.2, 0) is 17.8 Å². The molecule has 0 saturated carbocycles.